The first-order valence-electron chi connectivity index (χ1n) is 23.4. The summed E-state index contributed by atoms with van der Waals surface area (Å²) < 4.78 is 26.1. The minimum atomic E-state index is -0.504. The number of ether oxygens (including phenoxy) is 3. The monoisotopic (exact) mass is 937 g/mol. The maximum Gasteiger partial charge on any atom is 0.410 e. The van der Waals surface area contributed by atoms with E-state index in [0.717, 1.165) is 60.6 Å². The third-order valence-electron chi connectivity index (χ3n) is 11.2. The Balaban J connectivity index is 0.000000176. The highest BCUT2D eigenvalue weighted by molar-refractivity contribution is 5.96. The van der Waals surface area contributed by atoms with Gasteiger partial charge in [-0.2, -0.15) is 9.97 Å². The first-order valence-corrected chi connectivity index (χ1v) is 23.4. The summed E-state index contributed by atoms with van der Waals surface area (Å²) in [7, 11) is 1.36. The molecule has 2 aliphatic heterocycles. The second kappa shape index (κ2) is 25.4. The van der Waals surface area contributed by atoms with Crippen LogP contribution in [0.2, 0.25) is 0 Å². The molecule has 3 N–H and O–H groups in total. The van der Waals surface area contributed by atoms with Crippen molar-refractivity contribution in [3.05, 3.63) is 108 Å². The Hall–Kier alpha value is -6.78. The van der Waals surface area contributed by atoms with E-state index in [1.54, 1.807) is 21.9 Å². The Morgan fingerprint density at radius 2 is 1.10 bits per heavy atom. The highest BCUT2D eigenvalue weighted by atomic mass is 16.6. The van der Waals surface area contributed by atoms with Crippen LogP contribution in [0.5, 0.6) is 0 Å². The number of benzene rings is 3. The lowest BCUT2D eigenvalue weighted by Gasteiger charge is -2.28. The van der Waals surface area contributed by atoms with Crippen molar-refractivity contribution in [1.82, 2.24) is 30.1 Å². The lowest BCUT2D eigenvalue weighted by Crippen LogP contribution is -2.40. The van der Waals surface area contributed by atoms with E-state index in [0.29, 0.717) is 37.0 Å². The number of carbonyl (C=O) groups excluding carboxylic acids is 3. The van der Waals surface area contributed by atoms with Gasteiger partial charge >= 0.3 is 18.2 Å². The van der Waals surface area contributed by atoms with Gasteiger partial charge in [-0.3, -0.25) is 4.79 Å². The maximum absolute atomic E-state index is 12.3. The Kier molecular flexibility index (Phi) is 19.5. The molecule has 0 radical (unpaired) electrons. The molecule has 3 aromatic carbocycles. The van der Waals surface area contributed by atoms with Crippen LogP contribution in [-0.2, 0) is 31.8 Å². The van der Waals surface area contributed by atoms with E-state index in [-0.39, 0.29) is 42.5 Å². The van der Waals surface area contributed by atoms with Crippen molar-refractivity contribution in [3.8, 4) is 22.8 Å². The molecule has 17 nitrogen and oxygen atoms in total. The van der Waals surface area contributed by atoms with Crippen LogP contribution in [0.15, 0.2) is 105 Å². The second-order valence-corrected chi connectivity index (χ2v) is 18.9. The van der Waals surface area contributed by atoms with Crippen LogP contribution in [0.1, 0.15) is 117 Å². The van der Waals surface area contributed by atoms with Crippen LogP contribution in [-0.4, -0.2) is 103 Å². The SMILES string of the molecule is CC(C)(C)OC(=O)N1CCC[C@@H]1Cc1nc(-c2ccccc2)no1.COC(=O)C[C@H]1CCCN1C(=O)OC(C)(C)C.N/C(=N\O)c1ccccc1.c1ccc(-c2noc(CC3CCCC3)n2)cc1. The van der Waals surface area contributed by atoms with Gasteiger partial charge < -0.3 is 44.0 Å². The molecule has 17 heteroatoms. The maximum atomic E-state index is 12.3. The van der Waals surface area contributed by atoms with Crippen LogP contribution in [0.25, 0.3) is 22.8 Å². The zero-order chi connectivity index (χ0) is 49.1. The predicted octanol–water partition coefficient (Wildman–Crippen LogP) is 9.88. The van der Waals surface area contributed by atoms with E-state index in [4.69, 9.17) is 29.5 Å². The lowest BCUT2D eigenvalue weighted by molar-refractivity contribution is -0.141. The van der Waals surface area contributed by atoms with Crippen LogP contribution in [0.3, 0.4) is 0 Å². The van der Waals surface area contributed by atoms with E-state index in [9.17, 15) is 14.4 Å². The van der Waals surface area contributed by atoms with E-state index in [1.165, 1.54) is 32.8 Å². The topological polar surface area (TPSA) is 222 Å². The zero-order valence-corrected chi connectivity index (χ0v) is 40.5. The van der Waals surface area contributed by atoms with Gasteiger partial charge in [0.15, 0.2) is 5.84 Å². The summed E-state index contributed by atoms with van der Waals surface area (Å²) in [6.07, 6.45) is 10.1. The molecule has 5 aromatic rings. The second-order valence-electron chi connectivity index (χ2n) is 18.9. The van der Waals surface area contributed by atoms with Gasteiger partial charge in [-0.15, -0.1) is 0 Å². The number of amides is 2. The van der Waals surface area contributed by atoms with E-state index < -0.39 is 11.2 Å². The average Bonchev–Trinajstić information content (AvgIpc) is 4.19. The molecule has 4 heterocycles. The smallest absolute Gasteiger partial charge is 0.410 e. The summed E-state index contributed by atoms with van der Waals surface area (Å²) in [5.74, 6) is 3.22. The summed E-state index contributed by atoms with van der Waals surface area (Å²) in [4.78, 5) is 47.8. The molecule has 8 rings (SSSR count). The molecule has 0 unspecified atom stereocenters. The number of likely N-dealkylation sites (tertiary alicyclic amines) is 2. The largest absolute Gasteiger partial charge is 0.469 e. The summed E-state index contributed by atoms with van der Waals surface area (Å²) in [6, 6.07) is 28.7. The first-order chi connectivity index (χ1) is 32.5. The van der Waals surface area contributed by atoms with Gasteiger partial charge in [0, 0.05) is 54.7 Å². The van der Waals surface area contributed by atoms with E-state index in [2.05, 4.69) is 30.2 Å². The van der Waals surface area contributed by atoms with Crippen molar-refractivity contribution >= 4 is 24.0 Å². The van der Waals surface area contributed by atoms with Gasteiger partial charge in [0.25, 0.3) is 0 Å². The van der Waals surface area contributed by atoms with Crippen molar-refractivity contribution in [3.63, 3.8) is 0 Å². The standard InChI is InChI=1S/C18H23N3O3.C14H16N2O.C12H21NO4.C7H8N2O/c1-18(2,3)23-17(22)21-11-7-10-14(21)12-15-19-16(20-24-15)13-8-5-4-6-9-13;1-2-8-12(9-3-1)14-15-13(17-16-14)10-11-6-4-5-7-11;1-12(2,3)17-11(15)13-7-5-6-9(13)8-10(14)16-4;8-7(9-10)6-4-2-1-3-5-6/h4-6,8-9,14H,7,10-12H2,1-3H3;1-3,8-9,11H,4-7,10H2;9H,5-8H2,1-4H3;1-5,10H,(H2,8,9)/t14-;;9-;/m1.1./s1. The number of oxime groups is 1. The van der Waals surface area contributed by atoms with Gasteiger partial charge in [-0.1, -0.05) is 119 Å². The quantitative estimate of drug-likeness (QED) is 0.0351. The van der Waals surface area contributed by atoms with Crippen LogP contribution in [0.4, 0.5) is 9.59 Å². The molecule has 0 bridgehead atoms. The number of amidine groups is 1. The average molecular weight is 937 g/mol. The molecule has 3 aliphatic rings. The third kappa shape index (κ3) is 17.1. The zero-order valence-electron chi connectivity index (χ0n) is 40.5. The number of nitrogens with two attached hydrogens (primary N) is 1. The van der Waals surface area contributed by atoms with Gasteiger partial charge in [-0.05, 0) is 86.0 Å². The number of hydrogen-bond acceptors (Lipinski definition) is 14. The third-order valence-corrected chi connectivity index (χ3v) is 11.2. The molecular formula is C51H68N8O9. The van der Waals surface area contributed by atoms with Gasteiger partial charge in [0.2, 0.25) is 23.4 Å². The summed E-state index contributed by atoms with van der Waals surface area (Å²) in [6.45, 7) is 12.5. The fourth-order valence-corrected chi connectivity index (χ4v) is 7.91. The minimum absolute atomic E-state index is 0.0453. The Morgan fingerprint density at radius 1 is 0.662 bits per heavy atom. The van der Waals surface area contributed by atoms with Crippen molar-refractivity contribution in [2.24, 2.45) is 16.8 Å². The van der Waals surface area contributed by atoms with Gasteiger partial charge in [-0.25, -0.2) is 9.59 Å². The van der Waals surface area contributed by atoms with Crippen LogP contribution in [0, 0.1) is 5.92 Å². The molecule has 2 aromatic heterocycles. The highest BCUT2D eigenvalue weighted by Crippen LogP contribution is 2.29. The molecule has 1 aliphatic carbocycles. The molecule has 3 fully saturated rings. The first kappa shape index (κ1) is 52.2. The molecule has 2 amide bonds. The van der Waals surface area contributed by atoms with Crippen molar-refractivity contribution in [2.75, 3.05) is 20.2 Å². The van der Waals surface area contributed by atoms with E-state index in [1.807, 2.05) is 120 Å². The predicted molar refractivity (Wildman–Crippen MR) is 256 cm³/mol. The molecule has 0 spiro atoms. The fourth-order valence-electron chi connectivity index (χ4n) is 7.91. The van der Waals surface area contributed by atoms with Crippen molar-refractivity contribution < 1.29 is 42.8 Å². The molecule has 366 valence electrons. The molecular weight excluding hydrogens is 869 g/mol. The Labute approximate surface area is 399 Å². The van der Waals surface area contributed by atoms with Crippen LogP contribution >= 0.6 is 0 Å². The lowest BCUT2D eigenvalue weighted by atomic mass is 10.0. The summed E-state index contributed by atoms with van der Waals surface area (Å²) >= 11 is 0. The number of methoxy groups -OCH3 is 1. The normalized spacial score (nSPS) is 17.2. The van der Waals surface area contributed by atoms with Crippen molar-refractivity contribution in [1.29, 1.82) is 0 Å². The van der Waals surface area contributed by atoms with Crippen LogP contribution < -0.4 is 5.73 Å². The summed E-state index contributed by atoms with van der Waals surface area (Å²) in [5, 5.41) is 19.2. The van der Waals surface area contributed by atoms with E-state index >= 15 is 0 Å². The number of nitrogens with zero attached hydrogens (tertiary/aromatic N) is 7. The van der Waals surface area contributed by atoms with Crippen molar-refractivity contribution in [2.45, 2.75) is 135 Å². The number of rotatable bonds is 9. The van der Waals surface area contributed by atoms with Gasteiger partial charge in [0.1, 0.15) is 11.2 Å². The Bertz CT molecular complexity index is 2320. The highest BCUT2D eigenvalue weighted by Gasteiger charge is 2.35. The minimum Gasteiger partial charge on any atom is -0.469 e. The number of carbonyl (C=O) groups is 3. The number of esters is 1. The number of aromatic nitrogens is 4. The molecule has 2 saturated heterocycles. The fraction of sp³-hybridized carbons (Fsp3) is 0.490. The van der Waals surface area contributed by atoms with Gasteiger partial charge in [0.05, 0.1) is 13.5 Å². The number of hydrogen-bond donors (Lipinski definition) is 2. The summed E-state index contributed by atoms with van der Waals surface area (Å²) in [5.41, 5.74) is 6.97. The molecule has 2 atom stereocenters. The molecule has 68 heavy (non-hydrogen) atoms. The molecule has 1 saturated carbocycles. The Morgan fingerprint density at radius 3 is 1.56 bits per heavy atom.